The van der Waals surface area contributed by atoms with Crippen molar-refractivity contribution in [3.63, 3.8) is 0 Å². The summed E-state index contributed by atoms with van der Waals surface area (Å²) in [5.41, 5.74) is 1.26. The summed E-state index contributed by atoms with van der Waals surface area (Å²) in [5, 5.41) is 6.89. The lowest BCUT2D eigenvalue weighted by Gasteiger charge is -2.55. The minimum Gasteiger partial charge on any atom is -0.377 e. The van der Waals surface area contributed by atoms with Crippen molar-refractivity contribution in [1.29, 1.82) is 0 Å². The normalized spacial score (nSPS) is 29.9. The number of aromatic nitrogens is 1. The maximum atomic E-state index is 5.87. The van der Waals surface area contributed by atoms with Gasteiger partial charge < -0.3 is 15.0 Å². The molecule has 3 atom stereocenters. The molecule has 5 nitrogen and oxygen atoms in total. The van der Waals surface area contributed by atoms with Crippen LogP contribution < -0.4 is 5.32 Å². The van der Waals surface area contributed by atoms with Crippen LogP contribution in [0.5, 0.6) is 0 Å². The molecule has 0 bridgehead atoms. The Hall–Kier alpha value is -1.14. The lowest BCUT2D eigenvalue weighted by molar-refractivity contribution is -0.107. The van der Waals surface area contributed by atoms with Gasteiger partial charge in [0.1, 0.15) is 0 Å². The second-order valence-electron chi connectivity index (χ2n) is 6.95. The van der Waals surface area contributed by atoms with Crippen molar-refractivity contribution in [3.8, 4) is 0 Å². The van der Waals surface area contributed by atoms with Gasteiger partial charge in [-0.05, 0) is 13.3 Å². The Labute approximate surface area is 136 Å². The first kappa shape index (κ1) is 15.7. The van der Waals surface area contributed by atoms with E-state index in [9.17, 15) is 0 Å². The zero-order valence-corrected chi connectivity index (χ0v) is 14.9. The third-order valence-corrected chi connectivity index (χ3v) is 5.85. The number of hydrogen-bond donors (Lipinski definition) is 1. The van der Waals surface area contributed by atoms with E-state index < -0.39 is 0 Å². The van der Waals surface area contributed by atoms with Gasteiger partial charge in [0, 0.05) is 43.5 Å². The molecule has 2 heterocycles. The van der Waals surface area contributed by atoms with Crippen molar-refractivity contribution in [2.75, 3.05) is 20.7 Å². The van der Waals surface area contributed by atoms with Crippen LogP contribution in [0.1, 0.15) is 31.0 Å². The summed E-state index contributed by atoms with van der Waals surface area (Å²) in [4.78, 5) is 11.1. The van der Waals surface area contributed by atoms with Crippen LogP contribution in [-0.2, 0) is 11.3 Å². The van der Waals surface area contributed by atoms with E-state index in [1.54, 1.807) is 11.3 Å². The summed E-state index contributed by atoms with van der Waals surface area (Å²) >= 11 is 1.69. The molecule has 1 N–H and O–H groups in total. The molecule has 122 valence electrons. The predicted molar refractivity (Wildman–Crippen MR) is 90.2 cm³/mol. The number of aryl methyl sites for hydroxylation is 1. The molecule has 1 aliphatic heterocycles. The third kappa shape index (κ3) is 2.63. The number of ether oxygens (including phenoxy) is 1. The lowest BCUT2D eigenvalue weighted by atomic mass is 9.57. The summed E-state index contributed by atoms with van der Waals surface area (Å²) in [6.45, 7) is 8.28. The fourth-order valence-corrected chi connectivity index (χ4v) is 4.50. The second kappa shape index (κ2) is 5.81. The summed E-state index contributed by atoms with van der Waals surface area (Å²) in [6, 6.07) is 0.429. The van der Waals surface area contributed by atoms with Gasteiger partial charge in [0.25, 0.3) is 0 Å². The highest BCUT2D eigenvalue weighted by Gasteiger charge is 2.59. The van der Waals surface area contributed by atoms with Crippen molar-refractivity contribution in [1.82, 2.24) is 15.2 Å². The van der Waals surface area contributed by atoms with Gasteiger partial charge in [-0.25, -0.2) is 4.98 Å². The number of aliphatic imine (C=N–C) groups is 1. The molecule has 3 unspecified atom stereocenters. The van der Waals surface area contributed by atoms with Gasteiger partial charge in [0.15, 0.2) is 5.96 Å². The molecule has 0 aromatic carbocycles. The highest BCUT2D eigenvalue weighted by molar-refractivity contribution is 7.09. The molecule has 1 saturated carbocycles. The Kier molecular flexibility index (Phi) is 4.16. The maximum absolute atomic E-state index is 5.87. The van der Waals surface area contributed by atoms with E-state index >= 15 is 0 Å². The Morgan fingerprint density at radius 1 is 1.59 bits per heavy atom. The van der Waals surface area contributed by atoms with E-state index in [-0.39, 0.29) is 5.41 Å². The fraction of sp³-hybridized carbons (Fsp3) is 0.750. The van der Waals surface area contributed by atoms with E-state index in [4.69, 9.17) is 4.74 Å². The minimum absolute atomic E-state index is 0.162. The van der Waals surface area contributed by atoms with Crippen molar-refractivity contribution >= 4 is 17.3 Å². The van der Waals surface area contributed by atoms with Crippen LogP contribution in [0.25, 0.3) is 0 Å². The summed E-state index contributed by atoms with van der Waals surface area (Å²) in [6.07, 6.45) is 1.55. The zero-order valence-electron chi connectivity index (χ0n) is 14.1. The molecule has 0 spiro atoms. The van der Waals surface area contributed by atoms with Crippen LogP contribution in [0.2, 0.25) is 0 Å². The van der Waals surface area contributed by atoms with E-state index in [0.717, 1.165) is 36.2 Å². The molecule has 22 heavy (non-hydrogen) atoms. The van der Waals surface area contributed by atoms with Crippen molar-refractivity contribution in [2.45, 2.75) is 45.9 Å². The number of fused-ring (bicyclic) bond motifs is 1. The summed E-state index contributed by atoms with van der Waals surface area (Å²) in [7, 11) is 3.91. The zero-order chi connectivity index (χ0) is 15.9. The molecule has 1 aromatic heterocycles. The van der Waals surface area contributed by atoms with E-state index in [2.05, 4.69) is 46.5 Å². The Morgan fingerprint density at radius 2 is 2.36 bits per heavy atom. The third-order valence-electron chi connectivity index (χ3n) is 5.02. The van der Waals surface area contributed by atoms with Gasteiger partial charge in [-0.3, -0.25) is 4.99 Å². The topological polar surface area (TPSA) is 49.8 Å². The van der Waals surface area contributed by atoms with Crippen molar-refractivity contribution in [2.24, 2.45) is 16.3 Å². The fourth-order valence-electron chi connectivity index (χ4n) is 3.90. The quantitative estimate of drug-likeness (QED) is 0.685. The van der Waals surface area contributed by atoms with E-state index in [0.29, 0.717) is 18.1 Å². The van der Waals surface area contributed by atoms with Gasteiger partial charge in [-0.1, -0.05) is 13.8 Å². The molecule has 1 saturated heterocycles. The lowest BCUT2D eigenvalue weighted by Crippen LogP contribution is -2.67. The Bertz CT molecular complexity index is 568. The number of guanidine groups is 1. The van der Waals surface area contributed by atoms with Crippen molar-refractivity contribution < 1.29 is 4.74 Å². The number of thiazole rings is 1. The largest absolute Gasteiger partial charge is 0.377 e. The molecule has 2 fully saturated rings. The molecule has 1 aromatic rings. The number of hydrogen-bond acceptors (Lipinski definition) is 4. The molecule has 6 heteroatoms. The highest BCUT2D eigenvalue weighted by atomic mass is 32.1. The summed E-state index contributed by atoms with van der Waals surface area (Å²) in [5.74, 6) is 1.55. The number of rotatable bonds is 3. The van der Waals surface area contributed by atoms with Gasteiger partial charge in [0.2, 0.25) is 0 Å². The molecular weight excluding hydrogens is 296 g/mol. The monoisotopic (exact) mass is 322 g/mol. The molecule has 0 amide bonds. The van der Waals surface area contributed by atoms with Gasteiger partial charge >= 0.3 is 0 Å². The first-order chi connectivity index (χ1) is 10.4. The van der Waals surface area contributed by atoms with Gasteiger partial charge in [-0.15, -0.1) is 11.3 Å². The molecular formula is C16H26N4OS. The Morgan fingerprint density at radius 3 is 3.00 bits per heavy atom. The van der Waals surface area contributed by atoms with Crippen LogP contribution in [0.15, 0.2) is 10.4 Å². The second-order valence-corrected chi connectivity index (χ2v) is 8.01. The van der Waals surface area contributed by atoms with Crippen LogP contribution in [0.4, 0.5) is 0 Å². The maximum Gasteiger partial charge on any atom is 0.193 e. The summed E-state index contributed by atoms with van der Waals surface area (Å²) < 4.78 is 5.87. The average molecular weight is 322 g/mol. The number of nitrogens with zero attached hydrogens (tertiary/aromatic N) is 3. The van der Waals surface area contributed by atoms with Gasteiger partial charge in [0.05, 0.1) is 23.4 Å². The molecule has 0 radical (unpaired) electrons. The first-order valence-corrected chi connectivity index (χ1v) is 8.78. The minimum atomic E-state index is 0.162. The highest BCUT2D eigenvalue weighted by Crippen LogP contribution is 2.52. The molecule has 2 aliphatic rings. The average Bonchev–Trinajstić information content (AvgIpc) is 3.07. The SMILES string of the molecule is CN=C(NC1C2CCOC2C1(C)C)N(C)Cc1csc(C)n1. The van der Waals surface area contributed by atoms with Gasteiger partial charge in [-0.2, -0.15) is 0 Å². The molecule has 1 aliphatic carbocycles. The van der Waals surface area contributed by atoms with Crippen LogP contribution in [-0.4, -0.2) is 48.7 Å². The number of nitrogens with one attached hydrogen (secondary N) is 1. The predicted octanol–water partition coefficient (Wildman–Crippen LogP) is 2.27. The van der Waals surface area contributed by atoms with Crippen LogP contribution >= 0.6 is 11.3 Å². The smallest absolute Gasteiger partial charge is 0.193 e. The molecule has 3 rings (SSSR count). The van der Waals surface area contributed by atoms with Crippen LogP contribution in [0.3, 0.4) is 0 Å². The Balaban J connectivity index is 1.65. The first-order valence-electron chi connectivity index (χ1n) is 7.90. The van der Waals surface area contributed by atoms with Crippen molar-refractivity contribution in [3.05, 3.63) is 16.1 Å². The standard InChI is InChI=1S/C16H26N4OS/c1-10-18-11(9-22-10)8-20(5)15(17-4)19-13-12-6-7-21-14(12)16(13,2)3/h9,12-14H,6-8H2,1-5H3,(H,17,19). The van der Waals surface area contributed by atoms with E-state index in [1.807, 2.05) is 14.0 Å². The van der Waals surface area contributed by atoms with E-state index in [1.165, 1.54) is 0 Å². The van der Waals surface area contributed by atoms with Crippen LogP contribution in [0, 0.1) is 18.3 Å².